The minimum absolute atomic E-state index is 0.0149. The number of benzene rings is 1. The number of hydrazine groups is 1. The molecule has 3 amide bonds. The van der Waals surface area contributed by atoms with Crippen molar-refractivity contribution in [3.63, 3.8) is 0 Å². The Labute approximate surface area is 182 Å². The summed E-state index contributed by atoms with van der Waals surface area (Å²) >= 11 is 1.27. The van der Waals surface area contributed by atoms with E-state index in [2.05, 4.69) is 21.3 Å². The smallest absolute Gasteiger partial charge is 0.290 e. The zero-order valence-corrected chi connectivity index (χ0v) is 18.2. The molecular weight excluding hydrogens is 418 g/mol. The summed E-state index contributed by atoms with van der Waals surface area (Å²) in [5.41, 5.74) is 4.41. The molecule has 31 heavy (non-hydrogen) atoms. The van der Waals surface area contributed by atoms with Crippen LogP contribution in [-0.4, -0.2) is 33.5 Å². The average molecular weight is 442 g/mol. The average Bonchev–Trinajstić information content (AvgIpc) is 3.31. The molecule has 3 rings (SSSR count). The van der Waals surface area contributed by atoms with E-state index in [-0.39, 0.29) is 23.1 Å². The highest BCUT2D eigenvalue weighted by Gasteiger charge is 2.26. The number of carbonyl (C=O) groups excluding carboxylic acids is 3. The van der Waals surface area contributed by atoms with Crippen molar-refractivity contribution < 1.29 is 14.4 Å². The molecule has 2 heterocycles. The predicted molar refractivity (Wildman–Crippen MR) is 118 cm³/mol. The van der Waals surface area contributed by atoms with Crippen molar-refractivity contribution in [1.82, 2.24) is 25.9 Å². The Balaban J connectivity index is 1.76. The molecule has 2 aromatic heterocycles. The van der Waals surface area contributed by atoms with Crippen LogP contribution in [0.4, 0.5) is 0 Å². The largest absolute Gasteiger partial charge is 0.339 e. The second-order valence-electron chi connectivity index (χ2n) is 7.13. The lowest BCUT2D eigenvalue weighted by atomic mass is 10.0. The molecule has 0 bridgehead atoms. The van der Waals surface area contributed by atoms with Gasteiger partial charge in [0.25, 0.3) is 23.3 Å². The topological polar surface area (TPSA) is 122 Å². The standard InChI is InChI=1S/C21H23N5O4S/c1-4-26-21(30)14-9-6-5-8-13(14)17(25-26)20(29)24-23-19(28)16(12(2)3)22-18(27)15-10-7-11-31-15/h5-12,16H,4H2,1-3H3,(H,22,27)(H,23,28)(H,24,29). The molecule has 0 aliphatic heterocycles. The summed E-state index contributed by atoms with van der Waals surface area (Å²) in [5.74, 6) is -1.82. The summed E-state index contributed by atoms with van der Waals surface area (Å²) in [6.45, 7) is 5.61. The molecule has 0 fully saturated rings. The number of nitrogens with zero attached hydrogens (tertiary/aromatic N) is 2. The molecule has 0 spiro atoms. The van der Waals surface area contributed by atoms with Crippen molar-refractivity contribution in [3.8, 4) is 0 Å². The summed E-state index contributed by atoms with van der Waals surface area (Å²) in [7, 11) is 0. The first-order chi connectivity index (χ1) is 14.8. The Bertz CT molecular complexity index is 1170. The van der Waals surface area contributed by atoms with E-state index in [1.165, 1.54) is 16.0 Å². The van der Waals surface area contributed by atoms with E-state index >= 15 is 0 Å². The Hall–Kier alpha value is -3.53. The van der Waals surface area contributed by atoms with E-state index in [9.17, 15) is 19.2 Å². The maximum atomic E-state index is 12.8. The number of rotatable bonds is 6. The van der Waals surface area contributed by atoms with Gasteiger partial charge in [-0.05, 0) is 30.4 Å². The predicted octanol–water partition coefficient (Wildman–Crippen LogP) is 1.69. The van der Waals surface area contributed by atoms with Crippen molar-refractivity contribution in [1.29, 1.82) is 0 Å². The molecule has 1 unspecified atom stereocenters. The van der Waals surface area contributed by atoms with Crippen molar-refractivity contribution in [3.05, 3.63) is 62.7 Å². The van der Waals surface area contributed by atoms with E-state index in [0.29, 0.717) is 22.2 Å². The van der Waals surface area contributed by atoms with Crippen LogP contribution in [-0.2, 0) is 11.3 Å². The summed E-state index contributed by atoms with van der Waals surface area (Å²) in [5, 5.41) is 9.33. The Morgan fingerprint density at radius 1 is 1.03 bits per heavy atom. The lowest BCUT2D eigenvalue weighted by molar-refractivity contribution is -0.124. The molecule has 3 N–H and O–H groups in total. The monoisotopic (exact) mass is 441 g/mol. The van der Waals surface area contributed by atoms with Crippen molar-refractivity contribution in [2.45, 2.75) is 33.4 Å². The highest BCUT2D eigenvalue weighted by Crippen LogP contribution is 2.13. The number of thiophene rings is 1. The number of fused-ring (bicyclic) bond motifs is 1. The first-order valence-electron chi connectivity index (χ1n) is 9.77. The molecule has 1 atom stereocenters. The van der Waals surface area contributed by atoms with Gasteiger partial charge < -0.3 is 5.32 Å². The van der Waals surface area contributed by atoms with E-state index in [0.717, 1.165) is 0 Å². The first kappa shape index (κ1) is 22.2. The van der Waals surface area contributed by atoms with Crippen LogP contribution in [0.2, 0.25) is 0 Å². The maximum absolute atomic E-state index is 12.8. The van der Waals surface area contributed by atoms with Crippen LogP contribution in [0.5, 0.6) is 0 Å². The third-order valence-electron chi connectivity index (χ3n) is 4.66. The number of carbonyl (C=O) groups is 3. The van der Waals surface area contributed by atoms with Gasteiger partial charge in [-0.2, -0.15) is 5.10 Å². The van der Waals surface area contributed by atoms with Crippen LogP contribution < -0.4 is 21.7 Å². The Kier molecular flexibility index (Phi) is 6.81. The summed E-state index contributed by atoms with van der Waals surface area (Å²) < 4.78 is 1.19. The van der Waals surface area contributed by atoms with Gasteiger partial charge >= 0.3 is 0 Å². The van der Waals surface area contributed by atoms with Crippen LogP contribution in [0, 0.1) is 5.92 Å². The number of aromatic nitrogens is 2. The minimum atomic E-state index is -0.857. The molecule has 0 saturated heterocycles. The van der Waals surface area contributed by atoms with Gasteiger partial charge in [-0.1, -0.05) is 38.1 Å². The number of hydrogen-bond donors (Lipinski definition) is 3. The zero-order valence-electron chi connectivity index (χ0n) is 17.3. The zero-order chi connectivity index (χ0) is 22.5. The molecule has 10 heteroatoms. The van der Waals surface area contributed by atoms with E-state index in [4.69, 9.17) is 0 Å². The molecule has 1 aromatic carbocycles. The van der Waals surface area contributed by atoms with Gasteiger partial charge in [0.15, 0.2) is 5.69 Å². The van der Waals surface area contributed by atoms with Gasteiger partial charge in [-0.3, -0.25) is 30.0 Å². The fourth-order valence-electron chi connectivity index (χ4n) is 3.03. The van der Waals surface area contributed by atoms with Crippen LogP contribution in [0.15, 0.2) is 46.6 Å². The van der Waals surface area contributed by atoms with Gasteiger partial charge in [0, 0.05) is 11.9 Å². The molecule has 3 aromatic rings. The van der Waals surface area contributed by atoms with Crippen LogP contribution >= 0.6 is 11.3 Å². The second kappa shape index (κ2) is 9.52. The van der Waals surface area contributed by atoms with E-state index < -0.39 is 17.9 Å². The van der Waals surface area contributed by atoms with Crippen LogP contribution in [0.3, 0.4) is 0 Å². The molecule has 0 aliphatic carbocycles. The van der Waals surface area contributed by atoms with Gasteiger partial charge in [-0.15, -0.1) is 11.3 Å². The van der Waals surface area contributed by atoms with E-state index in [1.54, 1.807) is 62.5 Å². The Morgan fingerprint density at radius 3 is 2.35 bits per heavy atom. The highest BCUT2D eigenvalue weighted by atomic mass is 32.1. The molecule has 0 aliphatic rings. The highest BCUT2D eigenvalue weighted by molar-refractivity contribution is 7.12. The van der Waals surface area contributed by atoms with Crippen molar-refractivity contribution >= 4 is 39.8 Å². The van der Waals surface area contributed by atoms with Crippen LogP contribution in [0.25, 0.3) is 10.8 Å². The number of nitrogens with one attached hydrogen (secondary N) is 3. The summed E-state index contributed by atoms with van der Waals surface area (Å²) in [6, 6.07) is 9.20. The summed E-state index contributed by atoms with van der Waals surface area (Å²) in [6.07, 6.45) is 0. The minimum Gasteiger partial charge on any atom is -0.339 e. The van der Waals surface area contributed by atoms with Gasteiger partial charge in [0.1, 0.15) is 6.04 Å². The van der Waals surface area contributed by atoms with Gasteiger partial charge in [-0.25, -0.2) is 4.68 Å². The number of amides is 3. The second-order valence-corrected chi connectivity index (χ2v) is 8.08. The normalized spacial score (nSPS) is 11.9. The third-order valence-corrected chi connectivity index (χ3v) is 5.53. The Morgan fingerprint density at radius 2 is 1.74 bits per heavy atom. The van der Waals surface area contributed by atoms with Gasteiger partial charge in [0.2, 0.25) is 0 Å². The lowest BCUT2D eigenvalue weighted by Crippen LogP contribution is -2.54. The first-order valence-corrected chi connectivity index (χ1v) is 10.7. The molecule has 0 radical (unpaired) electrons. The van der Waals surface area contributed by atoms with Crippen molar-refractivity contribution in [2.24, 2.45) is 5.92 Å². The number of aryl methyl sites for hydroxylation is 1. The fraction of sp³-hybridized carbons (Fsp3) is 0.286. The van der Waals surface area contributed by atoms with Gasteiger partial charge in [0.05, 0.1) is 10.3 Å². The molecule has 162 valence electrons. The molecule has 9 nitrogen and oxygen atoms in total. The molecular formula is C21H23N5O4S. The number of hydrogen-bond acceptors (Lipinski definition) is 6. The van der Waals surface area contributed by atoms with Crippen molar-refractivity contribution in [2.75, 3.05) is 0 Å². The SMILES string of the molecule is CCn1nc(C(=O)NNC(=O)C(NC(=O)c2cccs2)C(C)C)c2ccccc2c1=O. The lowest BCUT2D eigenvalue weighted by Gasteiger charge is -2.21. The fourth-order valence-corrected chi connectivity index (χ4v) is 3.65. The third kappa shape index (κ3) is 4.80. The van der Waals surface area contributed by atoms with E-state index in [1.807, 2.05) is 0 Å². The molecule has 0 saturated carbocycles. The summed E-state index contributed by atoms with van der Waals surface area (Å²) in [4.78, 5) is 50.6. The maximum Gasteiger partial charge on any atom is 0.290 e. The van der Waals surface area contributed by atoms with Crippen LogP contribution in [0.1, 0.15) is 40.9 Å². The quantitative estimate of drug-likeness (QED) is 0.503.